The minimum atomic E-state index is -0.858. The van der Waals surface area contributed by atoms with Crippen LogP contribution in [0.5, 0.6) is 5.75 Å². The van der Waals surface area contributed by atoms with Crippen molar-refractivity contribution in [1.82, 2.24) is 0 Å². The van der Waals surface area contributed by atoms with E-state index in [1.165, 1.54) is 0 Å². The fourth-order valence-electron chi connectivity index (χ4n) is 1.51. The van der Waals surface area contributed by atoms with E-state index in [9.17, 15) is 9.90 Å². The third kappa shape index (κ3) is 2.62. The Kier molecular flexibility index (Phi) is 3.55. The lowest BCUT2D eigenvalue weighted by atomic mass is 10.1. The predicted molar refractivity (Wildman–Crippen MR) is 58.2 cm³/mol. The fourth-order valence-corrected chi connectivity index (χ4v) is 1.51. The molecule has 0 spiro atoms. The van der Waals surface area contributed by atoms with Crippen LogP contribution in [-0.2, 0) is 4.79 Å². The molecule has 0 saturated carbocycles. The van der Waals surface area contributed by atoms with Crippen LogP contribution in [0.2, 0.25) is 0 Å². The van der Waals surface area contributed by atoms with Crippen LogP contribution < -0.4 is 4.90 Å². The molecule has 0 aliphatic carbocycles. The minimum absolute atomic E-state index is 0.139. The average molecular weight is 209 g/mol. The first-order chi connectivity index (χ1) is 7.06. The number of aromatic hydroxyl groups is 1. The SMILES string of the molecule is CCC(C(=O)O)N(C)c1cccc(O)c1. The summed E-state index contributed by atoms with van der Waals surface area (Å²) in [6, 6.07) is 6.00. The molecule has 82 valence electrons. The Labute approximate surface area is 88.8 Å². The van der Waals surface area contributed by atoms with Gasteiger partial charge in [-0.25, -0.2) is 4.79 Å². The normalized spacial score (nSPS) is 12.1. The van der Waals surface area contributed by atoms with E-state index in [-0.39, 0.29) is 5.75 Å². The van der Waals surface area contributed by atoms with E-state index < -0.39 is 12.0 Å². The van der Waals surface area contributed by atoms with Crippen molar-refractivity contribution in [2.75, 3.05) is 11.9 Å². The highest BCUT2D eigenvalue weighted by atomic mass is 16.4. The zero-order valence-corrected chi connectivity index (χ0v) is 8.84. The molecule has 15 heavy (non-hydrogen) atoms. The number of rotatable bonds is 4. The van der Waals surface area contributed by atoms with Crippen molar-refractivity contribution in [3.05, 3.63) is 24.3 Å². The second kappa shape index (κ2) is 4.68. The number of benzene rings is 1. The zero-order valence-electron chi connectivity index (χ0n) is 8.84. The molecular weight excluding hydrogens is 194 g/mol. The molecular formula is C11H15NO3. The predicted octanol–water partition coefficient (Wildman–Crippen LogP) is 1.69. The molecule has 0 aromatic heterocycles. The summed E-state index contributed by atoms with van der Waals surface area (Å²) in [5.41, 5.74) is 0.698. The van der Waals surface area contributed by atoms with Gasteiger partial charge in [-0.3, -0.25) is 0 Å². The summed E-state index contributed by atoms with van der Waals surface area (Å²) < 4.78 is 0. The Hall–Kier alpha value is -1.71. The average Bonchev–Trinajstić information content (AvgIpc) is 2.18. The Morgan fingerprint density at radius 1 is 1.53 bits per heavy atom. The highest BCUT2D eigenvalue weighted by molar-refractivity contribution is 5.78. The van der Waals surface area contributed by atoms with Gasteiger partial charge >= 0.3 is 5.97 Å². The first-order valence-corrected chi connectivity index (χ1v) is 4.81. The molecule has 0 heterocycles. The molecule has 0 aliphatic heterocycles. The maximum atomic E-state index is 10.9. The summed E-state index contributed by atoms with van der Waals surface area (Å²) in [6.45, 7) is 1.82. The highest BCUT2D eigenvalue weighted by Crippen LogP contribution is 2.21. The summed E-state index contributed by atoms with van der Waals surface area (Å²) in [6.07, 6.45) is 0.515. The van der Waals surface area contributed by atoms with Crippen LogP contribution in [0, 0.1) is 0 Å². The number of phenols is 1. The quantitative estimate of drug-likeness (QED) is 0.792. The molecule has 4 heteroatoms. The molecule has 2 N–H and O–H groups in total. The first-order valence-electron chi connectivity index (χ1n) is 4.81. The van der Waals surface area contributed by atoms with E-state index in [2.05, 4.69) is 0 Å². The lowest BCUT2D eigenvalue weighted by molar-refractivity contribution is -0.138. The van der Waals surface area contributed by atoms with Gasteiger partial charge in [-0.15, -0.1) is 0 Å². The summed E-state index contributed by atoms with van der Waals surface area (Å²) in [5, 5.41) is 18.3. The topological polar surface area (TPSA) is 60.8 Å². The van der Waals surface area contributed by atoms with Crippen molar-refractivity contribution in [1.29, 1.82) is 0 Å². The van der Waals surface area contributed by atoms with Crippen molar-refractivity contribution in [2.24, 2.45) is 0 Å². The number of carboxylic acids is 1. The summed E-state index contributed by atoms with van der Waals surface area (Å²) in [4.78, 5) is 12.6. The Balaban J connectivity index is 2.92. The first kappa shape index (κ1) is 11.4. The second-order valence-corrected chi connectivity index (χ2v) is 3.39. The van der Waals surface area contributed by atoms with E-state index in [1.807, 2.05) is 6.92 Å². The Bertz CT molecular complexity index is 351. The monoisotopic (exact) mass is 209 g/mol. The van der Waals surface area contributed by atoms with Crippen LogP contribution in [0.15, 0.2) is 24.3 Å². The van der Waals surface area contributed by atoms with Crippen molar-refractivity contribution in [2.45, 2.75) is 19.4 Å². The van der Waals surface area contributed by atoms with Crippen molar-refractivity contribution in [3.63, 3.8) is 0 Å². The van der Waals surface area contributed by atoms with E-state index in [0.29, 0.717) is 12.1 Å². The number of phenolic OH excluding ortho intramolecular Hbond substituents is 1. The molecule has 0 bridgehead atoms. The molecule has 0 aliphatic rings. The number of likely N-dealkylation sites (N-methyl/N-ethyl adjacent to an activating group) is 1. The van der Waals surface area contributed by atoms with E-state index in [0.717, 1.165) is 0 Å². The third-order valence-electron chi connectivity index (χ3n) is 2.38. The lowest BCUT2D eigenvalue weighted by Gasteiger charge is -2.25. The second-order valence-electron chi connectivity index (χ2n) is 3.39. The molecule has 0 saturated heterocycles. The molecule has 4 nitrogen and oxygen atoms in total. The largest absolute Gasteiger partial charge is 0.508 e. The lowest BCUT2D eigenvalue weighted by Crippen LogP contribution is -2.37. The van der Waals surface area contributed by atoms with Gasteiger partial charge in [-0.1, -0.05) is 13.0 Å². The molecule has 0 radical (unpaired) electrons. The Morgan fingerprint density at radius 3 is 2.67 bits per heavy atom. The number of anilines is 1. The highest BCUT2D eigenvalue weighted by Gasteiger charge is 2.20. The van der Waals surface area contributed by atoms with Gasteiger partial charge in [0, 0.05) is 18.8 Å². The summed E-state index contributed by atoms with van der Waals surface area (Å²) in [7, 11) is 1.71. The maximum absolute atomic E-state index is 10.9. The number of hydrogen-bond donors (Lipinski definition) is 2. The summed E-state index contributed by atoms with van der Waals surface area (Å²) in [5.74, 6) is -0.720. The molecule has 1 aromatic rings. The van der Waals surface area contributed by atoms with Gasteiger partial charge in [0.2, 0.25) is 0 Å². The maximum Gasteiger partial charge on any atom is 0.326 e. The van der Waals surface area contributed by atoms with Gasteiger partial charge in [0.05, 0.1) is 0 Å². The van der Waals surface area contributed by atoms with Gasteiger partial charge in [-0.05, 0) is 18.6 Å². The molecule has 1 atom stereocenters. The third-order valence-corrected chi connectivity index (χ3v) is 2.38. The Morgan fingerprint density at radius 2 is 2.20 bits per heavy atom. The summed E-state index contributed by atoms with van der Waals surface area (Å²) >= 11 is 0. The van der Waals surface area contributed by atoms with Gasteiger partial charge in [0.1, 0.15) is 11.8 Å². The molecule has 1 rings (SSSR count). The van der Waals surface area contributed by atoms with Crippen molar-refractivity contribution < 1.29 is 15.0 Å². The molecule has 1 aromatic carbocycles. The number of carboxylic acid groups (broad SMARTS) is 1. The standard InChI is InChI=1S/C11H15NO3/c1-3-10(11(14)15)12(2)8-5-4-6-9(13)7-8/h4-7,10,13H,3H2,1-2H3,(H,14,15). The zero-order chi connectivity index (χ0) is 11.4. The van der Waals surface area contributed by atoms with Gasteiger partial charge in [-0.2, -0.15) is 0 Å². The van der Waals surface area contributed by atoms with Gasteiger partial charge < -0.3 is 15.1 Å². The molecule has 1 unspecified atom stereocenters. The van der Waals surface area contributed by atoms with Crippen molar-refractivity contribution >= 4 is 11.7 Å². The van der Waals surface area contributed by atoms with Crippen LogP contribution in [-0.4, -0.2) is 29.3 Å². The number of carbonyl (C=O) groups is 1. The van der Waals surface area contributed by atoms with E-state index in [1.54, 1.807) is 36.2 Å². The van der Waals surface area contributed by atoms with Gasteiger partial charge in [0.25, 0.3) is 0 Å². The van der Waals surface area contributed by atoms with Gasteiger partial charge in [0.15, 0.2) is 0 Å². The van der Waals surface area contributed by atoms with E-state index >= 15 is 0 Å². The number of aliphatic carboxylic acids is 1. The molecule has 0 fully saturated rings. The number of nitrogens with zero attached hydrogens (tertiary/aromatic N) is 1. The number of hydrogen-bond acceptors (Lipinski definition) is 3. The van der Waals surface area contributed by atoms with Crippen LogP contribution in [0.4, 0.5) is 5.69 Å². The minimum Gasteiger partial charge on any atom is -0.508 e. The van der Waals surface area contributed by atoms with Crippen LogP contribution in [0.3, 0.4) is 0 Å². The van der Waals surface area contributed by atoms with Crippen LogP contribution >= 0.6 is 0 Å². The fraction of sp³-hybridized carbons (Fsp3) is 0.364. The van der Waals surface area contributed by atoms with Crippen LogP contribution in [0.1, 0.15) is 13.3 Å². The van der Waals surface area contributed by atoms with Crippen LogP contribution in [0.25, 0.3) is 0 Å². The molecule has 0 amide bonds. The smallest absolute Gasteiger partial charge is 0.326 e. The van der Waals surface area contributed by atoms with Crippen molar-refractivity contribution in [3.8, 4) is 5.75 Å². The van der Waals surface area contributed by atoms with E-state index in [4.69, 9.17) is 5.11 Å².